The lowest BCUT2D eigenvalue weighted by molar-refractivity contribution is -0.124. The highest BCUT2D eigenvalue weighted by molar-refractivity contribution is 5.93. The van der Waals surface area contributed by atoms with Crippen LogP contribution in [0.25, 0.3) is 0 Å². The van der Waals surface area contributed by atoms with Gasteiger partial charge in [-0.05, 0) is 43.9 Å². The second-order valence-corrected chi connectivity index (χ2v) is 6.87. The zero-order chi connectivity index (χ0) is 15.5. The van der Waals surface area contributed by atoms with Crippen molar-refractivity contribution in [2.24, 2.45) is 11.3 Å². The van der Waals surface area contributed by atoms with Gasteiger partial charge in [-0.3, -0.25) is 4.79 Å². The molecular weight excluding hydrogens is 260 g/mol. The summed E-state index contributed by atoms with van der Waals surface area (Å²) in [5.74, 6) is 0.291. The Kier molecular flexibility index (Phi) is 5.04. The van der Waals surface area contributed by atoms with Crippen LogP contribution in [-0.2, 0) is 4.79 Å². The van der Waals surface area contributed by atoms with Crippen molar-refractivity contribution in [3.63, 3.8) is 0 Å². The molecule has 0 aromatic heterocycles. The van der Waals surface area contributed by atoms with Crippen LogP contribution in [0.5, 0.6) is 0 Å². The van der Waals surface area contributed by atoms with Gasteiger partial charge in [0, 0.05) is 17.6 Å². The molecule has 0 saturated heterocycles. The lowest BCUT2D eigenvalue weighted by atomic mass is 9.68. The van der Waals surface area contributed by atoms with Crippen LogP contribution in [0, 0.1) is 11.3 Å². The molecule has 0 bridgehead atoms. The molecule has 0 radical (unpaired) electrons. The van der Waals surface area contributed by atoms with Gasteiger partial charge < -0.3 is 10.6 Å². The van der Waals surface area contributed by atoms with Gasteiger partial charge in [-0.1, -0.05) is 44.9 Å². The van der Waals surface area contributed by atoms with Crippen molar-refractivity contribution in [1.29, 1.82) is 0 Å². The number of rotatable bonds is 4. The van der Waals surface area contributed by atoms with Crippen LogP contribution >= 0.6 is 0 Å². The van der Waals surface area contributed by atoms with Crippen molar-refractivity contribution < 1.29 is 4.79 Å². The number of nitrogens with one attached hydrogen (secondary N) is 2. The summed E-state index contributed by atoms with van der Waals surface area (Å²) in [4.78, 5) is 12.7. The van der Waals surface area contributed by atoms with E-state index in [9.17, 15) is 4.79 Å². The summed E-state index contributed by atoms with van der Waals surface area (Å²) >= 11 is 0. The Labute approximate surface area is 128 Å². The third-order valence-electron chi connectivity index (χ3n) is 4.94. The fourth-order valence-electron chi connectivity index (χ4n) is 3.34. The molecule has 2 N–H and O–H groups in total. The molecule has 116 valence electrons. The van der Waals surface area contributed by atoms with Crippen molar-refractivity contribution in [3.05, 3.63) is 29.8 Å². The number of benzene rings is 1. The summed E-state index contributed by atoms with van der Waals surface area (Å²) in [5, 5.41) is 6.41. The maximum absolute atomic E-state index is 12.7. The molecule has 1 aromatic carbocycles. The molecule has 2 rings (SSSR count). The smallest absolute Gasteiger partial charge is 0.228 e. The second kappa shape index (κ2) is 6.61. The molecule has 3 nitrogen and oxygen atoms in total. The average molecular weight is 288 g/mol. The minimum absolute atomic E-state index is 0.103. The first-order valence-electron chi connectivity index (χ1n) is 8.03. The lowest BCUT2D eigenvalue weighted by Gasteiger charge is -2.37. The zero-order valence-electron chi connectivity index (χ0n) is 13.7. The van der Waals surface area contributed by atoms with Gasteiger partial charge in [-0.25, -0.2) is 0 Å². The molecule has 1 saturated carbocycles. The fraction of sp³-hybridized carbons (Fsp3) is 0.611. The highest BCUT2D eigenvalue weighted by atomic mass is 16.1. The molecule has 1 aliphatic carbocycles. The van der Waals surface area contributed by atoms with Gasteiger partial charge >= 0.3 is 0 Å². The summed E-state index contributed by atoms with van der Waals surface area (Å²) in [7, 11) is 1.94. The van der Waals surface area contributed by atoms with Crippen LogP contribution in [-0.4, -0.2) is 13.0 Å². The number of amides is 1. The van der Waals surface area contributed by atoms with Crippen LogP contribution in [0.1, 0.15) is 58.1 Å². The monoisotopic (exact) mass is 288 g/mol. The Morgan fingerprint density at radius 2 is 2.00 bits per heavy atom. The van der Waals surface area contributed by atoms with Crippen LogP contribution in [0.4, 0.5) is 5.69 Å². The number of carbonyl (C=O) groups excluding carboxylic acids is 1. The van der Waals surface area contributed by atoms with E-state index in [2.05, 4.69) is 37.5 Å². The van der Waals surface area contributed by atoms with Crippen LogP contribution in [0.15, 0.2) is 24.3 Å². The minimum atomic E-state index is 0.103. The molecule has 0 spiro atoms. The molecule has 0 heterocycles. The Morgan fingerprint density at radius 1 is 1.29 bits per heavy atom. The minimum Gasteiger partial charge on any atom is -0.326 e. The second-order valence-electron chi connectivity index (χ2n) is 6.87. The van der Waals surface area contributed by atoms with E-state index in [1.807, 2.05) is 25.2 Å². The first-order valence-corrected chi connectivity index (χ1v) is 8.03. The van der Waals surface area contributed by atoms with Crippen molar-refractivity contribution in [2.45, 2.75) is 52.5 Å². The Morgan fingerprint density at radius 3 is 2.67 bits per heavy atom. The van der Waals surface area contributed by atoms with E-state index in [1.165, 1.54) is 6.42 Å². The Hall–Kier alpha value is -1.35. The summed E-state index contributed by atoms with van der Waals surface area (Å²) < 4.78 is 0. The Balaban J connectivity index is 2.16. The molecule has 2 atom stereocenters. The standard InChI is InChI=1S/C18H28N2O/c1-13(19-4)14-9-5-6-11-16(14)20-17(21)15-10-7-8-12-18(15,2)3/h5-6,9,11,13,15,19H,7-8,10,12H2,1-4H3,(H,20,21). The van der Waals surface area contributed by atoms with Crippen LogP contribution < -0.4 is 10.6 Å². The summed E-state index contributed by atoms with van der Waals surface area (Å²) in [6, 6.07) is 8.29. The van der Waals surface area contributed by atoms with Crippen molar-refractivity contribution in [1.82, 2.24) is 5.32 Å². The number of hydrogen-bond donors (Lipinski definition) is 2. The van der Waals surface area contributed by atoms with Crippen molar-refractivity contribution >= 4 is 11.6 Å². The van der Waals surface area contributed by atoms with Crippen molar-refractivity contribution in [2.75, 3.05) is 12.4 Å². The topological polar surface area (TPSA) is 41.1 Å². The van der Waals surface area contributed by atoms with Gasteiger partial charge in [0.2, 0.25) is 5.91 Å². The SMILES string of the molecule is CNC(C)c1ccccc1NC(=O)C1CCCCC1(C)C. The molecule has 21 heavy (non-hydrogen) atoms. The molecule has 1 aromatic rings. The maximum atomic E-state index is 12.7. The first kappa shape index (κ1) is 16.0. The van der Waals surface area contributed by atoms with E-state index in [0.717, 1.165) is 30.5 Å². The van der Waals surface area contributed by atoms with Gasteiger partial charge in [0.15, 0.2) is 0 Å². The van der Waals surface area contributed by atoms with Crippen LogP contribution in [0.2, 0.25) is 0 Å². The maximum Gasteiger partial charge on any atom is 0.228 e. The van der Waals surface area contributed by atoms with Gasteiger partial charge in [0.1, 0.15) is 0 Å². The van der Waals surface area contributed by atoms with Gasteiger partial charge in [-0.15, -0.1) is 0 Å². The molecule has 1 fully saturated rings. The van der Waals surface area contributed by atoms with E-state index in [0.29, 0.717) is 0 Å². The van der Waals surface area contributed by atoms with Gasteiger partial charge in [-0.2, -0.15) is 0 Å². The third-order valence-corrected chi connectivity index (χ3v) is 4.94. The molecule has 3 heteroatoms. The van der Waals surface area contributed by atoms with Gasteiger partial charge in [0.05, 0.1) is 0 Å². The number of para-hydroxylation sites is 1. The van der Waals surface area contributed by atoms with E-state index >= 15 is 0 Å². The van der Waals surface area contributed by atoms with E-state index in [1.54, 1.807) is 0 Å². The third kappa shape index (κ3) is 3.65. The van der Waals surface area contributed by atoms with E-state index in [-0.39, 0.29) is 23.3 Å². The normalized spacial score (nSPS) is 22.6. The summed E-state index contributed by atoms with van der Waals surface area (Å²) in [5.41, 5.74) is 2.18. The quantitative estimate of drug-likeness (QED) is 0.875. The first-order chi connectivity index (χ1) is 9.95. The average Bonchev–Trinajstić information content (AvgIpc) is 2.46. The summed E-state index contributed by atoms with van der Waals surface area (Å²) in [6.07, 6.45) is 4.54. The summed E-state index contributed by atoms with van der Waals surface area (Å²) in [6.45, 7) is 6.55. The van der Waals surface area contributed by atoms with Crippen LogP contribution in [0.3, 0.4) is 0 Å². The highest BCUT2D eigenvalue weighted by Crippen LogP contribution is 2.41. The number of anilines is 1. The van der Waals surface area contributed by atoms with E-state index in [4.69, 9.17) is 0 Å². The highest BCUT2D eigenvalue weighted by Gasteiger charge is 2.37. The van der Waals surface area contributed by atoms with Crippen molar-refractivity contribution in [3.8, 4) is 0 Å². The van der Waals surface area contributed by atoms with E-state index < -0.39 is 0 Å². The molecule has 1 amide bonds. The predicted molar refractivity (Wildman–Crippen MR) is 88.3 cm³/mol. The molecule has 0 aliphatic heterocycles. The van der Waals surface area contributed by atoms with Gasteiger partial charge in [0.25, 0.3) is 0 Å². The Bertz CT molecular complexity index is 496. The fourth-order valence-corrected chi connectivity index (χ4v) is 3.34. The lowest BCUT2D eigenvalue weighted by Crippen LogP contribution is -2.37. The molecular formula is C18H28N2O. The molecule has 2 unspecified atom stereocenters. The predicted octanol–water partition coefficient (Wildman–Crippen LogP) is 4.12. The number of hydrogen-bond acceptors (Lipinski definition) is 2. The zero-order valence-corrected chi connectivity index (χ0v) is 13.7. The largest absolute Gasteiger partial charge is 0.326 e. The molecule has 1 aliphatic rings. The number of carbonyl (C=O) groups is 1.